The van der Waals surface area contributed by atoms with E-state index in [1.807, 2.05) is 55.7 Å². The fourth-order valence-corrected chi connectivity index (χ4v) is 4.21. The first-order valence-corrected chi connectivity index (χ1v) is 12.4. The van der Waals surface area contributed by atoms with Gasteiger partial charge < -0.3 is 9.88 Å². The lowest BCUT2D eigenvalue weighted by molar-refractivity contribution is 0.777. The summed E-state index contributed by atoms with van der Waals surface area (Å²) in [5, 5.41) is 3.49. The molecular weight excluding hydrogens is 442 g/mol. The maximum absolute atomic E-state index is 4.66. The van der Waals surface area contributed by atoms with Gasteiger partial charge in [0.05, 0.1) is 12.9 Å². The van der Waals surface area contributed by atoms with Crippen molar-refractivity contribution in [3.05, 3.63) is 127 Å². The monoisotopic (exact) mass is 475 g/mol. The average molecular weight is 476 g/mol. The Balaban J connectivity index is 1.39. The number of nitrogens with zero attached hydrogens (tertiary/aromatic N) is 4. The molecule has 0 saturated heterocycles. The lowest BCUT2D eigenvalue weighted by atomic mass is 9.96. The van der Waals surface area contributed by atoms with E-state index in [0.717, 1.165) is 60.7 Å². The Bertz CT molecular complexity index is 1360. The number of rotatable bonds is 12. The van der Waals surface area contributed by atoms with Crippen LogP contribution in [0.2, 0.25) is 0 Å². The highest BCUT2D eigenvalue weighted by Crippen LogP contribution is 2.25. The molecule has 182 valence electrons. The SMILES string of the molecule is C=C/C=C(C=C)/C(=C\CCCCNc1nc(C)nc2c1ncn2Cc1ccccc1)c1ccccc1. The molecule has 4 rings (SSSR count). The molecule has 0 radical (unpaired) electrons. The first kappa shape index (κ1) is 24.9. The Labute approximate surface area is 213 Å². The normalized spacial score (nSPS) is 12.0. The van der Waals surface area contributed by atoms with Gasteiger partial charge in [0.15, 0.2) is 11.5 Å². The number of anilines is 1. The molecule has 0 aliphatic rings. The van der Waals surface area contributed by atoms with Gasteiger partial charge in [-0.2, -0.15) is 0 Å². The van der Waals surface area contributed by atoms with Crippen LogP contribution < -0.4 is 5.32 Å². The van der Waals surface area contributed by atoms with Gasteiger partial charge in [-0.3, -0.25) is 0 Å². The average Bonchev–Trinajstić information content (AvgIpc) is 3.30. The van der Waals surface area contributed by atoms with Crippen LogP contribution in [-0.2, 0) is 6.54 Å². The first-order chi connectivity index (χ1) is 17.7. The molecule has 0 aliphatic heterocycles. The van der Waals surface area contributed by atoms with Gasteiger partial charge in [0, 0.05) is 6.54 Å². The van der Waals surface area contributed by atoms with E-state index in [1.54, 1.807) is 0 Å². The molecule has 1 N–H and O–H groups in total. The maximum atomic E-state index is 4.66. The summed E-state index contributed by atoms with van der Waals surface area (Å²) in [6.45, 7) is 11.3. The number of imidazole rings is 1. The van der Waals surface area contributed by atoms with E-state index in [4.69, 9.17) is 0 Å². The number of hydrogen-bond donors (Lipinski definition) is 1. The van der Waals surface area contributed by atoms with Gasteiger partial charge in [0.2, 0.25) is 0 Å². The quantitative estimate of drug-likeness (QED) is 0.175. The number of nitrogens with one attached hydrogen (secondary N) is 1. The number of hydrogen-bond acceptors (Lipinski definition) is 4. The molecule has 0 bridgehead atoms. The second-order valence-electron chi connectivity index (χ2n) is 8.62. The molecule has 0 aliphatic carbocycles. The summed E-state index contributed by atoms with van der Waals surface area (Å²) in [5.41, 5.74) is 6.35. The number of benzene rings is 2. The summed E-state index contributed by atoms with van der Waals surface area (Å²) in [6, 6.07) is 20.8. The Morgan fingerprint density at radius 2 is 1.72 bits per heavy atom. The van der Waals surface area contributed by atoms with Gasteiger partial charge in [-0.05, 0) is 48.5 Å². The first-order valence-electron chi connectivity index (χ1n) is 12.4. The number of aromatic nitrogens is 4. The Morgan fingerprint density at radius 1 is 0.972 bits per heavy atom. The van der Waals surface area contributed by atoms with Crippen molar-refractivity contribution < 1.29 is 0 Å². The highest BCUT2D eigenvalue weighted by atomic mass is 15.2. The van der Waals surface area contributed by atoms with E-state index in [-0.39, 0.29) is 0 Å². The maximum Gasteiger partial charge on any atom is 0.166 e. The molecular formula is C31H33N5. The summed E-state index contributed by atoms with van der Waals surface area (Å²) < 4.78 is 2.08. The van der Waals surface area contributed by atoms with E-state index in [0.29, 0.717) is 0 Å². The smallest absolute Gasteiger partial charge is 0.166 e. The zero-order valence-electron chi connectivity index (χ0n) is 20.9. The molecule has 36 heavy (non-hydrogen) atoms. The minimum absolute atomic E-state index is 0.732. The molecule has 0 amide bonds. The summed E-state index contributed by atoms with van der Waals surface area (Å²) in [4.78, 5) is 13.9. The summed E-state index contributed by atoms with van der Waals surface area (Å²) in [7, 11) is 0. The molecule has 0 saturated carbocycles. The van der Waals surface area contributed by atoms with Gasteiger partial charge in [-0.25, -0.2) is 15.0 Å². The number of allylic oxidation sites excluding steroid dienone is 6. The van der Waals surface area contributed by atoms with Crippen LogP contribution in [0.25, 0.3) is 16.7 Å². The van der Waals surface area contributed by atoms with Crippen LogP contribution in [0.1, 0.15) is 36.2 Å². The van der Waals surface area contributed by atoms with Gasteiger partial charge in [-0.1, -0.05) is 98.1 Å². The topological polar surface area (TPSA) is 55.6 Å². The van der Waals surface area contributed by atoms with Gasteiger partial charge >= 0.3 is 0 Å². The second kappa shape index (κ2) is 12.5. The molecule has 2 heterocycles. The molecule has 2 aromatic carbocycles. The number of unbranched alkanes of at least 4 members (excludes halogenated alkanes) is 2. The zero-order valence-corrected chi connectivity index (χ0v) is 20.9. The van der Waals surface area contributed by atoms with Crippen LogP contribution >= 0.6 is 0 Å². The molecule has 0 atom stereocenters. The van der Waals surface area contributed by atoms with Crippen molar-refractivity contribution in [1.82, 2.24) is 19.5 Å². The Hall–Kier alpha value is -4.25. The molecule has 0 spiro atoms. The van der Waals surface area contributed by atoms with E-state index in [1.165, 1.54) is 16.7 Å². The lowest BCUT2D eigenvalue weighted by Crippen LogP contribution is -2.07. The minimum Gasteiger partial charge on any atom is -0.368 e. The van der Waals surface area contributed by atoms with Crippen molar-refractivity contribution in [2.75, 3.05) is 11.9 Å². The van der Waals surface area contributed by atoms with Crippen molar-refractivity contribution >= 4 is 22.6 Å². The summed E-state index contributed by atoms with van der Waals surface area (Å²) >= 11 is 0. The van der Waals surface area contributed by atoms with Crippen LogP contribution in [-0.4, -0.2) is 26.1 Å². The van der Waals surface area contributed by atoms with Crippen molar-refractivity contribution in [1.29, 1.82) is 0 Å². The predicted octanol–water partition coefficient (Wildman–Crippen LogP) is 7.15. The van der Waals surface area contributed by atoms with Gasteiger partial charge in [-0.15, -0.1) is 0 Å². The highest BCUT2D eigenvalue weighted by molar-refractivity contribution is 5.83. The molecule has 5 heteroatoms. The predicted molar refractivity (Wildman–Crippen MR) is 151 cm³/mol. The second-order valence-corrected chi connectivity index (χ2v) is 8.62. The standard InChI is InChI=1S/C31H33N5/c1-4-15-26(5-2)28(27-18-11-7-12-19-27)20-13-8-14-21-32-30-29-31(35-24(3)34-30)36(23-33-29)22-25-16-9-6-10-17-25/h4-7,9-12,15-20,23H,1-2,8,13-14,21-22H2,3H3,(H,32,34,35)/b26-15+,28-20+. The Morgan fingerprint density at radius 3 is 2.44 bits per heavy atom. The number of fused-ring (bicyclic) bond motifs is 1. The molecule has 4 aromatic rings. The van der Waals surface area contributed by atoms with Crippen LogP contribution in [0.15, 0.2) is 110 Å². The molecule has 2 aromatic heterocycles. The molecule has 0 fully saturated rings. The Kier molecular flexibility index (Phi) is 8.60. The summed E-state index contributed by atoms with van der Waals surface area (Å²) in [6.07, 6.45) is 12.9. The van der Waals surface area contributed by atoms with E-state index >= 15 is 0 Å². The van der Waals surface area contributed by atoms with Crippen molar-refractivity contribution in [2.45, 2.75) is 32.7 Å². The minimum atomic E-state index is 0.732. The lowest BCUT2D eigenvalue weighted by Gasteiger charge is -2.10. The molecule has 5 nitrogen and oxygen atoms in total. The fourth-order valence-electron chi connectivity index (χ4n) is 4.21. The van der Waals surface area contributed by atoms with E-state index < -0.39 is 0 Å². The van der Waals surface area contributed by atoms with Crippen molar-refractivity contribution in [3.63, 3.8) is 0 Å². The zero-order chi connectivity index (χ0) is 25.2. The third-order valence-electron chi connectivity index (χ3n) is 5.96. The van der Waals surface area contributed by atoms with E-state index in [9.17, 15) is 0 Å². The van der Waals surface area contributed by atoms with Crippen LogP contribution in [0.3, 0.4) is 0 Å². The van der Waals surface area contributed by atoms with Crippen molar-refractivity contribution in [3.8, 4) is 0 Å². The third-order valence-corrected chi connectivity index (χ3v) is 5.96. The highest BCUT2D eigenvalue weighted by Gasteiger charge is 2.12. The van der Waals surface area contributed by atoms with Crippen LogP contribution in [0, 0.1) is 6.92 Å². The van der Waals surface area contributed by atoms with Gasteiger partial charge in [0.1, 0.15) is 11.3 Å². The largest absolute Gasteiger partial charge is 0.368 e. The van der Waals surface area contributed by atoms with Gasteiger partial charge in [0.25, 0.3) is 0 Å². The van der Waals surface area contributed by atoms with Crippen LogP contribution in [0.5, 0.6) is 0 Å². The van der Waals surface area contributed by atoms with Crippen molar-refractivity contribution in [2.24, 2.45) is 0 Å². The number of aryl methyl sites for hydroxylation is 1. The van der Waals surface area contributed by atoms with E-state index in [2.05, 4.69) is 80.5 Å². The fraction of sp³-hybridized carbons (Fsp3) is 0.194. The van der Waals surface area contributed by atoms with Crippen LogP contribution in [0.4, 0.5) is 5.82 Å². The molecule has 0 unspecified atom stereocenters. The third kappa shape index (κ3) is 6.25. The summed E-state index contributed by atoms with van der Waals surface area (Å²) in [5.74, 6) is 1.54.